The Morgan fingerprint density at radius 2 is 2.29 bits per heavy atom. The fraction of sp³-hybridized carbons (Fsp3) is 0.692. The molecule has 0 saturated carbocycles. The minimum absolute atomic E-state index is 0.489. The molecule has 0 bridgehead atoms. The Morgan fingerprint density at radius 1 is 1.47 bits per heavy atom. The lowest BCUT2D eigenvalue weighted by atomic mass is 10.0. The Morgan fingerprint density at radius 3 is 2.94 bits per heavy atom. The summed E-state index contributed by atoms with van der Waals surface area (Å²) in [7, 11) is 0. The number of rotatable bonds is 3. The van der Waals surface area contributed by atoms with Gasteiger partial charge in [-0.3, -0.25) is 0 Å². The van der Waals surface area contributed by atoms with E-state index >= 15 is 0 Å². The van der Waals surface area contributed by atoms with Crippen LogP contribution < -0.4 is 4.90 Å². The van der Waals surface area contributed by atoms with Crippen LogP contribution in [0.2, 0.25) is 0 Å². The van der Waals surface area contributed by atoms with Crippen molar-refractivity contribution in [3.8, 4) is 0 Å². The highest BCUT2D eigenvalue weighted by Crippen LogP contribution is 2.24. The van der Waals surface area contributed by atoms with Crippen LogP contribution in [-0.4, -0.2) is 22.6 Å². The van der Waals surface area contributed by atoms with E-state index in [0.717, 1.165) is 23.8 Å². The van der Waals surface area contributed by atoms with E-state index in [1.54, 1.807) is 0 Å². The average Bonchev–Trinajstić information content (AvgIpc) is 2.38. The van der Waals surface area contributed by atoms with E-state index in [1.165, 1.54) is 25.7 Å². The first-order valence-electron chi connectivity index (χ1n) is 6.41. The zero-order valence-corrected chi connectivity index (χ0v) is 11.4. The standard InChI is InChI=1S/C13H20ClN3/c1-3-12-6-4-5-7-17(12)13-15-9-11(8-14)10(2)16-13/h9,12H,3-8H2,1-2H3. The summed E-state index contributed by atoms with van der Waals surface area (Å²) in [5, 5.41) is 0. The van der Waals surface area contributed by atoms with Gasteiger partial charge in [0.2, 0.25) is 5.95 Å². The van der Waals surface area contributed by atoms with Gasteiger partial charge in [-0.1, -0.05) is 6.92 Å². The normalized spacial score (nSPS) is 20.6. The van der Waals surface area contributed by atoms with Gasteiger partial charge in [-0.15, -0.1) is 11.6 Å². The van der Waals surface area contributed by atoms with Crippen LogP contribution in [0, 0.1) is 6.92 Å². The van der Waals surface area contributed by atoms with Crippen molar-refractivity contribution >= 4 is 17.5 Å². The number of halogens is 1. The van der Waals surface area contributed by atoms with Crippen LogP contribution in [0.25, 0.3) is 0 Å². The second-order valence-electron chi connectivity index (χ2n) is 4.67. The van der Waals surface area contributed by atoms with Gasteiger partial charge in [0.1, 0.15) is 0 Å². The van der Waals surface area contributed by atoms with E-state index in [4.69, 9.17) is 11.6 Å². The number of aromatic nitrogens is 2. The molecule has 0 amide bonds. The van der Waals surface area contributed by atoms with Crippen molar-refractivity contribution < 1.29 is 0 Å². The first kappa shape index (κ1) is 12.6. The van der Waals surface area contributed by atoms with Crippen molar-refractivity contribution in [1.29, 1.82) is 0 Å². The van der Waals surface area contributed by atoms with Gasteiger partial charge in [-0.2, -0.15) is 0 Å². The van der Waals surface area contributed by atoms with Gasteiger partial charge >= 0.3 is 0 Å². The number of alkyl halides is 1. The predicted molar refractivity (Wildman–Crippen MR) is 71.6 cm³/mol. The van der Waals surface area contributed by atoms with Gasteiger partial charge in [0.25, 0.3) is 0 Å². The van der Waals surface area contributed by atoms with E-state index in [1.807, 2.05) is 13.1 Å². The number of hydrogen-bond donors (Lipinski definition) is 0. The van der Waals surface area contributed by atoms with Crippen molar-refractivity contribution in [2.24, 2.45) is 0 Å². The molecule has 1 aliphatic rings. The zero-order valence-electron chi connectivity index (χ0n) is 10.6. The fourth-order valence-electron chi connectivity index (χ4n) is 2.44. The third-order valence-electron chi connectivity index (χ3n) is 3.57. The van der Waals surface area contributed by atoms with E-state index < -0.39 is 0 Å². The summed E-state index contributed by atoms with van der Waals surface area (Å²) in [4.78, 5) is 11.4. The molecule has 1 aromatic rings. The number of nitrogens with zero attached hydrogens (tertiary/aromatic N) is 3. The molecule has 0 N–H and O–H groups in total. The Hall–Kier alpha value is -0.830. The number of piperidine rings is 1. The Labute approximate surface area is 108 Å². The van der Waals surface area contributed by atoms with Crippen LogP contribution in [0.4, 0.5) is 5.95 Å². The first-order chi connectivity index (χ1) is 8.26. The lowest BCUT2D eigenvalue weighted by Gasteiger charge is -2.35. The summed E-state index contributed by atoms with van der Waals surface area (Å²) in [6.07, 6.45) is 6.87. The Kier molecular flexibility index (Phi) is 4.21. The maximum absolute atomic E-state index is 5.83. The molecule has 0 radical (unpaired) electrons. The molecule has 0 spiro atoms. The molecule has 4 heteroatoms. The largest absolute Gasteiger partial charge is 0.338 e. The molecule has 2 rings (SSSR count). The molecule has 1 aliphatic heterocycles. The van der Waals surface area contributed by atoms with Crippen molar-refractivity contribution in [3.63, 3.8) is 0 Å². The number of aryl methyl sites for hydroxylation is 1. The fourth-order valence-corrected chi connectivity index (χ4v) is 2.70. The molecule has 1 unspecified atom stereocenters. The topological polar surface area (TPSA) is 29.0 Å². The summed E-state index contributed by atoms with van der Waals surface area (Å²) >= 11 is 5.83. The summed E-state index contributed by atoms with van der Waals surface area (Å²) in [6, 6.07) is 0.602. The average molecular weight is 254 g/mol. The highest BCUT2D eigenvalue weighted by atomic mass is 35.5. The van der Waals surface area contributed by atoms with E-state index in [-0.39, 0.29) is 0 Å². The molecule has 0 aromatic carbocycles. The molecular formula is C13H20ClN3. The number of hydrogen-bond acceptors (Lipinski definition) is 3. The molecular weight excluding hydrogens is 234 g/mol. The Balaban J connectivity index is 2.23. The van der Waals surface area contributed by atoms with Crippen molar-refractivity contribution in [2.45, 2.75) is 51.5 Å². The van der Waals surface area contributed by atoms with Crippen molar-refractivity contribution in [3.05, 3.63) is 17.5 Å². The van der Waals surface area contributed by atoms with E-state index in [0.29, 0.717) is 11.9 Å². The summed E-state index contributed by atoms with van der Waals surface area (Å²) in [5.41, 5.74) is 2.03. The van der Waals surface area contributed by atoms with Gasteiger partial charge in [-0.05, 0) is 32.6 Å². The molecule has 1 atom stereocenters. The number of anilines is 1. The van der Waals surface area contributed by atoms with Crippen LogP contribution in [0.3, 0.4) is 0 Å². The minimum atomic E-state index is 0.489. The second kappa shape index (κ2) is 5.67. The zero-order chi connectivity index (χ0) is 12.3. The second-order valence-corrected chi connectivity index (χ2v) is 4.93. The molecule has 1 saturated heterocycles. The third-order valence-corrected chi connectivity index (χ3v) is 3.86. The van der Waals surface area contributed by atoms with Gasteiger partial charge in [0, 0.05) is 30.0 Å². The smallest absolute Gasteiger partial charge is 0.225 e. The third kappa shape index (κ3) is 2.71. The van der Waals surface area contributed by atoms with Gasteiger partial charge in [0.15, 0.2) is 0 Å². The minimum Gasteiger partial charge on any atom is -0.338 e. The monoisotopic (exact) mass is 253 g/mol. The van der Waals surface area contributed by atoms with E-state index in [2.05, 4.69) is 21.8 Å². The molecule has 17 heavy (non-hydrogen) atoms. The molecule has 1 aromatic heterocycles. The molecule has 94 valence electrons. The van der Waals surface area contributed by atoms with E-state index in [9.17, 15) is 0 Å². The highest BCUT2D eigenvalue weighted by Gasteiger charge is 2.23. The van der Waals surface area contributed by atoms with Crippen LogP contribution in [-0.2, 0) is 5.88 Å². The molecule has 3 nitrogen and oxygen atoms in total. The first-order valence-corrected chi connectivity index (χ1v) is 6.94. The van der Waals surface area contributed by atoms with Crippen LogP contribution in [0.1, 0.15) is 43.9 Å². The highest BCUT2D eigenvalue weighted by molar-refractivity contribution is 6.17. The van der Waals surface area contributed by atoms with Gasteiger partial charge < -0.3 is 4.90 Å². The van der Waals surface area contributed by atoms with Crippen LogP contribution in [0.5, 0.6) is 0 Å². The quantitative estimate of drug-likeness (QED) is 0.774. The SMILES string of the molecule is CCC1CCCCN1c1ncc(CCl)c(C)n1. The van der Waals surface area contributed by atoms with Crippen molar-refractivity contribution in [1.82, 2.24) is 9.97 Å². The summed E-state index contributed by atoms with van der Waals surface area (Å²) in [6.45, 7) is 5.33. The maximum Gasteiger partial charge on any atom is 0.225 e. The summed E-state index contributed by atoms with van der Waals surface area (Å²) < 4.78 is 0. The molecule has 0 aliphatic carbocycles. The predicted octanol–water partition coefficient (Wildman–Crippen LogP) is 3.29. The van der Waals surface area contributed by atoms with Crippen LogP contribution in [0.15, 0.2) is 6.20 Å². The maximum atomic E-state index is 5.83. The van der Waals surface area contributed by atoms with Crippen LogP contribution >= 0.6 is 11.6 Å². The Bertz CT molecular complexity index is 381. The van der Waals surface area contributed by atoms with Crippen molar-refractivity contribution in [2.75, 3.05) is 11.4 Å². The molecule has 1 fully saturated rings. The van der Waals surface area contributed by atoms with Gasteiger partial charge in [0.05, 0.1) is 5.88 Å². The lowest BCUT2D eigenvalue weighted by molar-refractivity contribution is 0.443. The summed E-state index contributed by atoms with van der Waals surface area (Å²) in [5.74, 6) is 1.37. The van der Waals surface area contributed by atoms with Gasteiger partial charge in [-0.25, -0.2) is 9.97 Å². The molecule has 2 heterocycles. The lowest BCUT2D eigenvalue weighted by Crippen LogP contribution is -2.40.